The molecule has 2 heterocycles. The van der Waals surface area contributed by atoms with Crippen LogP contribution in [0.1, 0.15) is 24.1 Å². The summed E-state index contributed by atoms with van der Waals surface area (Å²) in [5.41, 5.74) is 2.35. The van der Waals surface area contributed by atoms with Crippen LogP contribution in [0.25, 0.3) is 0 Å². The van der Waals surface area contributed by atoms with Crippen molar-refractivity contribution in [1.29, 1.82) is 0 Å². The van der Waals surface area contributed by atoms with E-state index in [1.165, 1.54) is 5.56 Å². The Hall–Kier alpha value is -1.94. The number of anilines is 1. The van der Waals surface area contributed by atoms with E-state index in [9.17, 15) is 0 Å². The number of piperidine rings is 1. The lowest BCUT2D eigenvalue weighted by molar-refractivity contribution is 0.211. The second-order valence-electron chi connectivity index (χ2n) is 5.74. The molecule has 1 aliphatic heterocycles. The Balaban J connectivity index is 1.47. The SMILES string of the molecule is Cc1ccc(NC2CCN(Cc3ccccc3)CC2)nn1. The van der Waals surface area contributed by atoms with Gasteiger partial charge in [0.15, 0.2) is 0 Å². The third-order valence-corrected chi connectivity index (χ3v) is 3.99. The molecular formula is C17H22N4. The highest BCUT2D eigenvalue weighted by atomic mass is 15.2. The smallest absolute Gasteiger partial charge is 0.148 e. The van der Waals surface area contributed by atoms with Crippen molar-refractivity contribution >= 4 is 5.82 Å². The number of aromatic nitrogens is 2. The number of benzene rings is 1. The molecule has 4 nitrogen and oxygen atoms in total. The Kier molecular flexibility index (Phi) is 4.46. The quantitative estimate of drug-likeness (QED) is 0.936. The van der Waals surface area contributed by atoms with Gasteiger partial charge in [0.2, 0.25) is 0 Å². The van der Waals surface area contributed by atoms with Crippen LogP contribution in [0, 0.1) is 6.92 Å². The third-order valence-electron chi connectivity index (χ3n) is 3.99. The molecule has 0 bridgehead atoms. The normalized spacial score (nSPS) is 16.8. The van der Waals surface area contributed by atoms with Gasteiger partial charge in [-0.05, 0) is 37.5 Å². The van der Waals surface area contributed by atoms with E-state index in [2.05, 4.69) is 50.7 Å². The zero-order valence-electron chi connectivity index (χ0n) is 12.5. The van der Waals surface area contributed by atoms with E-state index in [4.69, 9.17) is 0 Å². The molecule has 0 unspecified atom stereocenters. The van der Waals surface area contributed by atoms with Crippen molar-refractivity contribution in [3.63, 3.8) is 0 Å². The fraction of sp³-hybridized carbons (Fsp3) is 0.412. The number of hydrogen-bond acceptors (Lipinski definition) is 4. The van der Waals surface area contributed by atoms with Crippen molar-refractivity contribution in [2.45, 2.75) is 32.4 Å². The average Bonchev–Trinajstić information content (AvgIpc) is 2.53. The molecule has 0 aliphatic carbocycles. The second-order valence-corrected chi connectivity index (χ2v) is 5.74. The van der Waals surface area contributed by atoms with Gasteiger partial charge in [-0.1, -0.05) is 30.3 Å². The lowest BCUT2D eigenvalue weighted by Crippen LogP contribution is -2.38. The Morgan fingerprint density at radius 3 is 2.48 bits per heavy atom. The lowest BCUT2D eigenvalue weighted by atomic mass is 10.0. The first-order valence-electron chi connectivity index (χ1n) is 7.63. The van der Waals surface area contributed by atoms with Gasteiger partial charge in [0.1, 0.15) is 5.82 Å². The van der Waals surface area contributed by atoms with Crippen LogP contribution in [0.2, 0.25) is 0 Å². The lowest BCUT2D eigenvalue weighted by Gasteiger charge is -2.32. The number of rotatable bonds is 4. The minimum absolute atomic E-state index is 0.508. The Labute approximate surface area is 126 Å². The zero-order valence-corrected chi connectivity index (χ0v) is 12.5. The van der Waals surface area contributed by atoms with Gasteiger partial charge in [-0.15, -0.1) is 5.10 Å². The molecular weight excluding hydrogens is 260 g/mol. The number of hydrogen-bond donors (Lipinski definition) is 1. The summed E-state index contributed by atoms with van der Waals surface area (Å²) >= 11 is 0. The first-order chi connectivity index (χ1) is 10.3. The maximum Gasteiger partial charge on any atom is 0.148 e. The van der Waals surface area contributed by atoms with Crippen LogP contribution in [-0.2, 0) is 6.54 Å². The fourth-order valence-electron chi connectivity index (χ4n) is 2.76. The van der Waals surface area contributed by atoms with Crippen molar-refractivity contribution in [2.24, 2.45) is 0 Å². The average molecular weight is 282 g/mol. The number of aryl methyl sites for hydroxylation is 1. The van der Waals surface area contributed by atoms with Gasteiger partial charge in [-0.25, -0.2) is 0 Å². The largest absolute Gasteiger partial charge is 0.366 e. The van der Waals surface area contributed by atoms with Gasteiger partial charge in [-0.2, -0.15) is 5.10 Å². The molecule has 1 N–H and O–H groups in total. The van der Waals surface area contributed by atoms with Gasteiger partial charge in [-0.3, -0.25) is 4.90 Å². The predicted molar refractivity (Wildman–Crippen MR) is 85.1 cm³/mol. The van der Waals surface area contributed by atoms with Crippen LogP contribution in [0.5, 0.6) is 0 Å². The van der Waals surface area contributed by atoms with E-state index < -0.39 is 0 Å². The molecule has 0 saturated carbocycles. The van der Waals surface area contributed by atoms with E-state index in [1.54, 1.807) is 0 Å². The van der Waals surface area contributed by atoms with Gasteiger partial charge in [0.25, 0.3) is 0 Å². The molecule has 1 aromatic heterocycles. The maximum atomic E-state index is 4.18. The van der Waals surface area contributed by atoms with E-state index >= 15 is 0 Å². The molecule has 0 spiro atoms. The summed E-state index contributed by atoms with van der Waals surface area (Å²) in [6, 6.07) is 15.2. The molecule has 110 valence electrons. The van der Waals surface area contributed by atoms with Gasteiger partial charge in [0, 0.05) is 25.7 Å². The molecule has 0 amide bonds. The first kappa shape index (κ1) is 14.0. The van der Waals surface area contributed by atoms with Crippen molar-refractivity contribution in [2.75, 3.05) is 18.4 Å². The standard InChI is InChI=1S/C17H22N4/c1-14-7-8-17(20-19-14)18-16-9-11-21(12-10-16)13-15-5-3-2-4-6-15/h2-8,16H,9-13H2,1H3,(H,18,20). The molecule has 21 heavy (non-hydrogen) atoms. The van der Waals surface area contributed by atoms with Crippen LogP contribution < -0.4 is 5.32 Å². The minimum atomic E-state index is 0.508. The summed E-state index contributed by atoms with van der Waals surface area (Å²) in [7, 11) is 0. The van der Waals surface area contributed by atoms with Crippen LogP contribution >= 0.6 is 0 Å². The fourth-order valence-corrected chi connectivity index (χ4v) is 2.76. The number of nitrogens with one attached hydrogen (secondary N) is 1. The molecule has 1 fully saturated rings. The van der Waals surface area contributed by atoms with E-state index in [1.807, 2.05) is 19.1 Å². The summed E-state index contributed by atoms with van der Waals surface area (Å²) < 4.78 is 0. The van der Waals surface area contributed by atoms with E-state index in [-0.39, 0.29) is 0 Å². The Bertz CT molecular complexity index is 545. The topological polar surface area (TPSA) is 41.0 Å². The second kappa shape index (κ2) is 6.68. The van der Waals surface area contributed by atoms with Crippen LogP contribution in [-0.4, -0.2) is 34.2 Å². The third kappa shape index (κ3) is 4.02. The number of likely N-dealkylation sites (tertiary alicyclic amines) is 1. The summed E-state index contributed by atoms with van der Waals surface area (Å²) in [6.45, 7) is 5.27. The van der Waals surface area contributed by atoms with Crippen molar-refractivity contribution in [1.82, 2.24) is 15.1 Å². The Morgan fingerprint density at radius 1 is 1.05 bits per heavy atom. The number of nitrogens with zero attached hydrogens (tertiary/aromatic N) is 3. The molecule has 1 aliphatic rings. The monoisotopic (exact) mass is 282 g/mol. The van der Waals surface area contributed by atoms with E-state index in [0.29, 0.717) is 6.04 Å². The molecule has 0 radical (unpaired) electrons. The van der Waals surface area contributed by atoms with Crippen molar-refractivity contribution in [3.05, 3.63) is 53.7 Å². The van der Waals surface area contributed by atoms with E-state index in [0.717, 1.165) is 44.0 Å². The highest BCUT2D eigenvalue weighted by Crippen LogP contribution is 2.16. The van der Waals surface area contributed by atoms with Crippen LogP contribution in [0.3, 0.4) is 0 Å². The predicted octanol–water partition coefficient (Wildman–Crippen LogP) is 2.86. The zero-order chi connectivity index (χ0) is 14.5. The van der Waals surface area contributed by atoms with Crippen LogP contribution in [0.15, 0.2) is 42.5 Å². The summed E-state index contributed by atoms with van der Waals surface area (Å²) in [5.74, 6) is 0.891. The van der Waals surface area contributed by atoms with Crippen molar-refractivity contribution < 1.29 is 0 Å². The summed E-state index contributed by atoms with van der Waals surface area (Å²) in [4.78, 5) is 2.52. The molecule has 1 aromatic carbocycles. The molecule has 4 heteroatoms. The Morgan fingerprint density at radius 2 is 1.81 bits per heavy atom. The van der Waals surface area contributed by atoms with Crippen LogP contribution in [0.4, 0.5) is 5.82 Å². The summed E-state index contributed by atoms with van der Waals surface area (Å²) in [6.07, 6.45) is 2.31. The van der Waals surface area contributed by atoms with Gasteiger partial charge >= 0.3 is 0 Å². The molecule has 3 rings (SSSR count). The van der Waals surface area contributed by atoms with Gasteiger partial charge < -0.3 is 5.32 Å². The molecule has 2 aromatic rings. The maximum absolute atomic E-state index is 4.18. The first-order valence-corrected chi connectivity index (χ1v) is 7.63. The van der Waals surface area contributed by atoms with Gasteiger partial charge in [0.05, 0.1) is 5.69 Å². The molecule has 1 saturated heterocycles. The van der Waals surface area contributed by atoms with Crippen molar-refractivity contribution in [3.8, 4) is 0 Å². The molecule has 0 atom stereocenters. The minimum Gasteiger partial charge on any atom is -0.366 e. The summed E-state index contributed by atoms with van der Waals surface area (Å²) in [5, 5.41) is 11.8. The highest BCUT2D eigenvalue weighted by Gasteiger charge is 2.19. The highest BCUT2D eigenvalue weighted by molar-refractivity contribution is 5.34.